The van der Waals surface area contributed by atoms with Crippen molar-refractivity contribution in [2.75, 3.05) is 33.9 Å². The first kappa shape index (κ1) is 18.5. The summed E-state index contributed by atoms with van der Waals surface area (Å²) in [6, 6.07) is 5.54. The first-order chi connectivity index (χ1) is 10.8. The zero-order chi connectivity index (χ0) is 17.4. The maximum Gasteiger partial charge on any atom is 0.344 e. The van der Waals surface area contributed by atoms with Crippen molar-refractivity contribution in [3.8, 4) is 5.75 Å². The molecule has 0 saturated heterocycles. The monoisotopic (exact) mass is 322 g/mol. The van der Waals surface area contributed by atoms with Crippen molar-refractivity contribution < 1.29 is 23.9 Å². The second kappa shape index (κ2) is 8.77. The molecule has 0 fully saturated rings. The predicted octanol–water partition coefficient (Wildman–Crippen LogP) is 0.430. The van der Waals surface area contributed by atoms with Crippen LogP contribution < -0.4 is 10.1 Å². The van der Waals surface area contributed by atoms with E-state index in [-0.39, 0.29) is 19.1 Å². The van der Waals surface area contributed by atoms with Crippen LogP contribution in [0.15, 0.2) is 18.2 Å². The average molecular weight is 322 g/mol. The normalized spacial score (nSPS) is 9.91. The molecular weight excluding hydrogens is 300 g/mol. The number of carbonyl (C=O) groups excluding carboxylic acids is 3. The number of likely N-dealkylation sites (N-methyl/N-ethyl adjacent to an activating group) is 2. The Morgan fingerprint density at radius 1 is 1.17 bits per heavy atom. The molecule has 0 aliphatic rings. The Morgan fingerprint density at radius 2 is 1.87 bits per heavy atom. The van der Waals surface area contributed by atoms with E-state index in [9.17, 15) is 14.4 Å². The van der Waals surface area contributed by atoms with Crippen LogP contribution in [-0.4, -0.2) is 56.5 Å². The molecule has 0 aromatic heterocycles. The molecule has 0 unspecified atom stereocenters. The summed E-state index contributed by atoms with van der Waals surface area (Å²) < 4.78 is 10.2. The molecule has 1 aromatic carbocycles. The zero-order valence-corrected chi connectivity index (χ0v) is 13.8. The van der Waals surface area contributed by atoms with Crippen molar-refractivity contribution in [1.29, 1.82) is 0 Å². The number of hydrogen-bond acceptors (Lipinski definition) is 5. The van der Waals surface area contributed by atoms with E-state index in [1.54, 1.807) is 6.07 Å². The molecule has 1 N–H and O–H groups in total. The van der Waals surface area contributed by atoms with Crippen molar-refractivity contribution in [3.63, 3.8) is 0 Å². The minimum Gasteiger partial charge on any atom is -0.482 e. The maximum atomic E-state index is 11.7. The second-order valence-electron chi connectivity index (χ2n) is 5.07. The topological polar surface area (TPSA) is 84.9 Å². The van der Waals surface area contributed by atoms with Gasteiger partial charge in [0.25, 0.3) is 5.91 Å². The van der Waals surface area contributed by atoms with Crippen LogP contribution in [0.25, 0.3) is 0 Å². The van der Waals surface area contributed by atoms with Crippen molar-refractivity contribution in [1.82, 2.24) is 10.2 Å². The van der Waals surface area contributed by atoms with Gasteiger partial charge in [-0.3, -0.25) is 9.59 Å². The minimum atomic E-state index is -0.646. The van der Waals surface area contributed by atoms with E-state index >= 15 is 0 Å². The minimum absolute atomic E-state index is 0.0914. The third kappa shape index (κ3) is 5.98. The number of amides is 2. The number of nitrogens with one attached hydrogen (secondary N) is 1. The van der Waals surface area contributed by atoms with Gasteiger partial charge in [0.1, 0.15) is 5.75 Å². The lowest BCUT2D eigenvalue weighted by Crippen LogP contribution is -2.39. The number of hydrogen-bond donors (Lipinski definition) is 1. The molecule has 7 nitrogen and oxygen atoms in total. The molecule has 0 bridgehead atoms. The van der Waals surface area contributed by atoms with Gasteiger partial charge in [0, 0.05) is 14.1 Å². The maximum absolute atomic E-state index is 11.7. The van der Waals surface area contributed by atoms with Gasteiger partial charge in [0.05, 0.1) is 6.54 Å². The van der Waals surface area contributed by atoms with Gasteiger partial charge in [-0.15, -0.1) is 0 Å². The summed E-state index contributed by atoms with van der Waals surface area (Å²) in [4.78, 5) is 35.6. The second-order valence-corrected chi connectivity index (χ2v) is 5.07. The van der Waals surface area contributed by atoms with Gasteiger partial charge in [-0.1, -0.05) is 12.1 Å². The molecule has 0 aliphatic carbocycles. The van der Waals surface area contributed by atoms with Crippen LogP contribution in [0.2, 0.25) is 0 Å². The lowest BCUT2D eigenvalue weighted by molar-refractivity contribution is -0.153. The van der Waals surface area contributed by atoms with Crippen LogP contribution in [0.3, 0.4) is 0 Å². The molecule has 0 heterocycles. The molecule has 0 aliphatic heterocycles. The van der Waals surface area contributed by atoms with Gasteiger partial charge in [-0.2, -0.15) is 0 Å². The summed E-state index contributed by atoms with van der Waals surface area (Å²) in [5, 5.41) is 2.40. The fourth-order valence-electron chi connectivity index (χ4n) is 1.69. The van der Waals surface area contributed by atoms with E-state index < -0.39 is 18.5 Å². The molecule has 23 heavy (non-hydrogen) atoms. The third-order valence-corrected chi connectivity index (χ3v) is 3.34. The summed E-state index contributed by atoms with van der Waals surface area (Å²) in [5.41, 5.74) is 2.00. The summed E-state index contributed by atoms with van der Waals surface area (Å²) >= 11 is 0. The molecule has 0 spiro atoms. The molecular formula is C16H22N2O5. The molecule has 126 valence electrons. The third-order valence-electron chi connectivity index (χ3n) is 3.34. The van der Waals surface area contributed by atoms with E-state index in [0.29, 0.717) is 5.75 Å². The van der Waals surface area contributed by atoms with Gasteiger partial charge >= 0.3 is 5.97 Å². The number of esters is 1. The highest BCUT2D eigenvalue weighted by Gasteiger charge is 2.15. The van der Waals surface area contributed by atoms with Crippen molar-refractivity contribution >= 4 is 17.8 Å². The Kier molecular flexibility index (Phi) is 7.05. The van der Waals surface area contributed by atoms with E-state index in [1.807, 2.05) is 26.0 Å². The van der Waals surface area contributed by atoms with Gasteiger partial charge in [0.2, 0.25) is 5.91 Å². The number of benzene rings is 1. The molecule has 0 atom stereocenters. The van der Waals surface area contributed by atoms with Crippen LogP contribution in [0.4, 0.5) is 0 Å². The summed E-state index contributed by atoms with van der Waals surface area (Å²) in [7, 11) is 2.93. The quantitative estimate of drug-likeness (QED) is 0.736. The van der Waals surface area contributed by atoms with E-state index in [0.717, 1.165) is 11.1 Å². The van der Waals surface area contributed by atoms with Crippen LogP contribution in [0.5, 0.6) is 5.75 Å². The molecule has 1 rings (SSSR count). The Balaban J connectivity index is 2.38. The van der Waals surface area contributed by atoms with Crippen LogP contribution in [0, 0.1) is 13.8 Å². The van der Waals surface area contributed by atoms with Crippen molar-refractivity contribution in [2.24, 2.45) is 0 Å². The molecule has 2 amide bonds. The lowest BCUT2D eigenvalue weighted by Gasteiger charge is -2.16. The summed E-state index contributed by atoms with van der Waals surface area (Å²) in [6.45, 7) is 3.04. The Labute approximate surface area is 135 Å². The SMILES string of the molecule is CNC(=O)CN(C)C(=O)COC(=O)COc1cccc(C)c1C. The zero-order valence-electron chi connectivity index (χ0n) is 13.8. The standard InChI is InChI=1S/C16H22N2O5/c1-11-6-5-7-13(12(11)2)22-10-16(21)23-9-15(20)18(4)8-14(19)17-3/h5-7H,8-10H2,1-4H3,(H,17,19). The number of nitrogens with zero attached hydrogens (tertiary/aromatic N) is 1. The molecule has 0 radical (unpaired) electrons. The Morgan fingerprint density at radius 3 is 2.52 bits per heavy atom. The fourth-order valence-corrected chi connectivity index (χ4v) is 1.69. The van der Waals surface area contributed by atoms with E-state index in [4.69, 9.17) is 9.47 Å². The summed E-state index contributed by atoms with van der Waals surface area (Å²) in [5.74, 6) is -0.809. The first-order valence-corrected chi connectivity index (χ1v) is 7.14. The predicted molar refractivity (Wildman–Crippen MR) is 84.1 cm³/mol. The first-order valence-electron chi connectivity index (χ1n) is 7.14. The number of carbonyl (C=O) groups is 3. The highest BCUT2D eigenvalue weighted by Crippen LogP contribution is 2.20. The van der Waals surface area contributed by atoms with Crippen LogP contribution in [0.1, 0.15) is 11.1 Å². The lowest BCUT2D eigenvalue weighted by atomic mass is 10.1. The molecule has 1 aromatic rings. The average Bonchev–Trinajstić information content (AvgIpc) is 2.53. The Hall–Kier alpha value is -2.57. The molecule has 0 saturated carbocycles. The fraction of sp³-hybridized carbons (Fsp3) is 0.438. The smallest absolute Gasteiger partial charge is 0.344 e. The highest BCUT2D eigenvalue weighted by atomic mass is 16.6. The number of rotatable bonds is 7. The molecule has 7 heteroatoms. The van der Waals surface area contributed by atoms with Gasteiger partial charge in [-0.05, 0) is 31.0 Å². The van der Waals surface area contributed by atoms with Gasteiger partial charge in [-0.25, -0.2) is 4.79 Å². The van der Waals surface area contributed by atoms with Crippen molar-refractivity contribution in [2.45, 2.75) is 13.8 Å². The van der Waals surface area contributed by atoms with Gasteiger partial charge < -0.3 is 19.7 Å². The largest absolute Gasteiger partial charge is 0.482 e. The van der Waals surface area contributed by atoms with Gasteiger partial charge in [0.15, 0.2) is 13.2 Å². The van der Waals surface area contributed by atoms with Crippen LogP contribution >= 0.6 is 0 Å². The number of ether oxygens (including phenoxy) is 2. The highest BCUT2D eigenvalue weighted by molar-refractivity contribution is 5.86. The van der Waals surface area contributed by atoms with Crippen molar-refractivity contribution in [3.05, 3.63) is 29.3 Å². The summed E-state index contributed by atoms with van der Waals surface area (Å²) in [6.07, 6.45) is 0. The van der Waals surface area contributed by atoms with Crippen LogP contribution in [-0.2, 0) is 19.1 Å². The van der Waals surface area contributed by atoms with E-state index in [2.05, 4.69) is 5.32 Å². The number of aryl methyl sites for hydroxylation is 1. The van der Waals surface area contributed by atoms with E-state index in [1.165, 1.54) is 19.0 Å². The Bertz CT molecular complexity index is 586.